The van der Waals surface area contributed by atoms with Crippen LogP contribution in [0.1, 0.15) is 20.7 Å². The van der Waals surface area contributed by atoms with Gasteiger partial charge in [-0.3, -0.25) is 0 Å². The number of halogens is 1. The van der Waals surface area contributed by atoms with E-state index >= 15 is 0 Å². The Morgan fingerprint density at radius 3 is 2.57 bits per heavy atom. The molecule has 0 aliphatic heterocycles. The number of rotatable bonds is 2. The van der Waals surface area contributed by atoms with Crippen LogP contribution in [0.3, 0.4) is 0 Å². The molecule has 2 heterocycles. The molecule has 0 saturated heterocycles. The van der Waals surface area contributed by atoms with Crippen LogP contribution in [0.2, 0.25) is 0 Å². The first-order valence-corrected chi connectivity index (χ1v) is 8.09. The predicted molar refractivity (Wildman–Crippen MR) is 90.5 cm³/mol. The van der Waals surface area contributed by atoms with Crippen LogP contribution in [-0.4, -0.2) is 0 Å². The normalized spacial score (nSPS) is 13.0. The van der Waals surface area contributed by atoms with Crippen molar-refractivity contribution in [2.45, 2.75) is 12.3 Å². The van der Waals surface area contributed by atoms with Gasteiger partial charge in [-0.1, -0.05) is 24.3 Å². The third kappa shape index (κ3) is 2.15. The van der Waals surface area contributed by atoms with Crippen LogP contribution in [-0.2, 0) is 0 Å². The zero-order valence-electron chi connectivity index (χ0n) is 11.5. The van der Waals surface area contributed by atoms with Crippen molar-refractivity contribution in [3.05, 3.63) is 69.9 Å². The fraction of sp³-hybridized carbons (Fsp3) is 0.111. The van der Waals surface area contributed by atoms with Crippen LogP contribution in [0.25, 0.3) is 21.9 Å². The van der Waals surface area contributed by atoms with Gasteiger partial charge in [-0.2, -0.15) is 0 Å². The summed E-state index contributed by atoms with van der Waals surface area (Å²) in [5.41, 5.74) is 2.94. The van der Waals surface area contributed by atoms with Gasteiger partial charge in [0.2, 0.25) is 0 Å². The summed E-state index contributed by atoms with van der Waals surface area (Å²) in [6, 6.07) is 18.5. The maximum atomic E-state index is 6.64. The Bertz CT molecular complexity index is 935. The van der Waals surface area contributed by atoms with E-state index in [0.717, 1.165) is 27.5 Å². The Morgan fingerprint density at radius 1 is 0.952 bits per heavy atom. The summed E-state index contributed by atoms with van der Waals surface area (Å²) < 4.78 is 5.86. The molecule has 2 aromatic carbocycles. The number of hydrogen-bond donors (Lipinski definition) is 0. The van der Waals surface area contributed by atoms with E-state index in [9.17, 15) is 0 Å². The molecule has 4 aromatic rings. The summed E-state index contributed by atoms with van der Waals surface area (Å²) in [5, 5.41) is 2.16. The molecule has 0 aliphatic rings. The van der Waals surface area contributed by atoms with Crippen molar-refractivity contribution in [1.29, 1.82) is 0 Å². The van der Waals surface area contributed by atoms with Crippen LogP contribution in [0.5, 0.6) is 0 Å². The molecule has 104 valence electrons. The second-order valence-electron chi connectivity index (χ2n) is 5.16. The molecule has 2 aromatic heterocycles. The number of thiophene rings is 1. The Labute approximate surface area is 131 Å². The summed E-state index contributed by atoms with van der Waals surface area (Å²) >= 11 is 8.39. The number of hydrogen-bond acceptors (Lipinski definition) is 2. The SMILES string of the molecule is Cc1ccc(C(Cl)c2ccc3oc4ccccc4c3c2)s1. The van der Waals surface area contributed by atoms with Crippen LogP contribution >= 0.6 is 22.9 Å². The van der Waals surface area contributed by atoms with E-state index in [1.165, 1.54) is 9.75 Å². The summed E-state index contributed by atoms with van der Waals surface area (Å²) in [6.45, 7) is 2.10. The summed E-state index contributed by atoms with van der Waals surface area (Å²) in [7, 11) is 0. The van der Waals surface area contributed by atoms with E-state index in [0.29, 0.717) is 0 Å². The highest BCUT2D eigenvalue weighted by Crippen LogP contribution is 2.37. The van der Waals surface area contributed by atoms with E-state index in [1.807, 2.05) is 24.3 Å². The molecule has 1 nitrogen and oxygen atoms in total. The van der Waals surface area contributed by atoms with Gasteiger partial charge in [0.15, 0.2) is 0 Å². The Morgan fingerprint density at radius 2 is 1.76 bits per heavy atom. The number of benzene rings is 2. The van der Waals surface area contributed by atoms with Crippen molar-refractivity contribution in [2.24, 2.45) is 0 Å². The minimum absolute atomic E-state index is 0.109. The van der Waals surface area contributed by atoms with Crippen LogP contribution in [0, 0.1) is 6.92 Å². The third-order valence-electron chi connectivity index (χ3n) is 3.70. The highest BCUT2D eigenvalue weighted by atomic mass is 35.5. The highest BCUT2D eigenvalue weighted by molar-refractivity contribution is 7.12. The van der Waals surface area contributed by atoms with Crippen molar-refractivity contribution in [3.63, 3.8) is 0 Å². The van der Waals surface area contributed by atoms with Gasteiger partial charge in [0.1, 0.15) is 11.2 Å². The van der Waals surface area contributed by atoms with E-state index in [1.54, 1.807) is 11.3 Å². The summed E-state index contributed by atoms with van der Waals surface area (Å²) in [4.78, 5) is 2.46. The van der Waals surface area contributed by atoms with Gasteiger partial charge >= 0.3 is 0 Å². The fourth-order valence-corrected chi connectivity index (χ4v) is 3.88. The second kappa shape index (κ2) is 4.90. The van der Waals surface area contributed by atoms with Crippen LogP contribution < -0.4 is 0 Å². The molecule has 0 N–H and O–H groups in total. The lowest BCUT2D eigenvalue weighted by molar-refractivity contribution is 0.669. The van der Waals surface area contributed by atoms with E-state index in [4.69, 9.17) is 16.0 Å². The van der Waals surface area contributed by atoms with Gasteiger partial charge in [0.05, 0.1) is 5.38 Å². The third-order valence-corrected chi connectivity index (χ3v) is 5.39. The predicted octanol–water partition coefficient (Wildman–Crippen LogP) is 6.28. The first-order chi connectivity index (χ1) is 10.2. The molecule has 0 fully saturated rings. The molecule has 21 heavy (non-hydrogen) atoms. The average Bonchev–Trinajstić information content (AvgIpc) is 3.09. The summed E-state index contributed by atoms with van der Waals surface area (Å²) in [6.07, 6.45) is 0. The number of furan rings is 1. The molecule has 0 spiro atoms. The largest absolute Gasteiger partial charge is 0.456 e. The zero-order chi connectivity index (χ0) is 14.4. The monoisotopic (exact) mass is 312 g/mol. The van der Waals surface area contributed by atoms with Crippen molar-refractivity contribution in [3.8, 4) is 0 Å². The van der Waals surface area contributed by atoms with Crippen molar-refractivity contribution >= 4 is 44.9 Å². The zero-order valence-corrected chi connectivity index (χ0v) is 13.0. The minimum atomic E-state index is -0.109. The average molecular weight is 313 g/mol. The molecule has 0 bridgehead atoms. The molecule has 3 heteroatoms. The number of alkyl halides is 1. The first-order valence-electron chi connectivity index (χ1n) is 6.84. The topological polar surface area (TPSA) is 13.1 Å². The lowest BCUT2D eigenvalue weighted by atomic mass is 10.1. The number of aryl methyl sites for hydroxylation is 1. The molecular formula is C18H13ClOS. The van der Waals surface area contributed by atoms with E-state index in [-0.39, 0.29) is 5.38 Å². The molecular weight excluding hydrogens is 300 g/mol. The lowest BCUT2D eigenvalue weighted by Gasteiger charge is -2.07. The van der Waals surface area contributed by atoms with Crippen molar-refractivity contribution in [2.75, 3.05) is 0 Å². The Balaban J connectivity index is 1.88. The van der Waals surface area contributed by atoms with E-state index < -0.39 is 0 Å². The standard InChI is InChI=1S/C18H13ClOS/c1-11-6-9-17(21-11)18(19)12-7-8-16-14(10-12)13-4-2-3-5-15(13)20-16/h2-10,18H,1H3. The van der Waals surface area contributed by atoms with E-state index in [2.05, 4.69) is 37.3 Å². The highest BCUT2D eigenvalue weighted by Gasteiger charge is 2.15. The molecule has 0 radical (unpaired) electrons. The fourth-order valence-electron chi connectivity index (χ4n) is 2.66. The smallest absolute Gasteiger partial charge is 0.135 e. The molecule has 1 atom stereocenters. The quantitative estimate of drug-likeness (QED) is 0.397. The second-order valence-corrected chi connectivity index (χ2v) is 6.92. The molecule has 0 saturated carbocycles. The minimum Gasteiger partial charge on any atom is -0.456 e. The maximum absolute atomic E-state index is 6.64. The summed E-state index contributed by atoms with van der Waals surface area (Å²) in [5.74, 6) is 0. The van der Waals surface area contributed by atoms with Crippen LogP contribution in [0.15, 0.2) is 59.0 Å². The maximum Gasteiger partial charge on any atom is 0.135 e. The van der Waals surface area contributed by atoms with Gasteiger partial charge in [-0.25, -0.2) is 0 Å². The van der Waals surface area contributed by atoms with Gasteiger partial charge in [-0.15, -0.1) is 22.9 Å². The van der Waals surface area contributed by atoms with Gasteiger partial charge < -0.3 is 4.42 Å². The number of fused-ring (bicyclic) bond motifs is 3. The first kappa shape index (κ1) is 12.9. The molecule has 4 rings (SSSR count). The molecule has 0 aliphatic carbocycles. The molecule has 0 amide bonds. The van der Waals surface area contributed by atoms with Gasteiger partial charge in [-0.05, 0) is 42.8 Å². The van der Waals surface area contributed by atoms with Gasteiger partial charge in [0.25, 0.3) is 0 Å². The van der Waals surface area contributed by atoms with Crippen molar-refractivity contribution < 1.29 is 4.42 Å². The Hall–Kier alpha value is -1.77. The van der Waals surface area contributed by atoms with Gasteiger partial charge in [0, 0.05) is 20.5 Å². The molecule has 1 unspecified atom stereocenters. The Kier molecular flexibility index (Phi) is 3.02. The number of para-hydroxylation sites is 1. The lowest BCUT2D eigenvalue weighted by Crippen LogP contribution is -1.89. The van der Waals surface area contributed by atoms with Crippen LogP contribution in [0.4, 0.5) is 0 Å². The van der Waals surface area contributed by atoms with Crippen molar-refractivity contribution in [1.82, 2.24) is 0 Å².